The fraction of sp³-hybridized carbons (Fsp3) is 0.120. The van der Waals surface area contributed by atoms with Crippen molar-refractivity contribution in [2.75, 3.05) is 5.73 Å². The number of carbonyl (C=O) groups is 1. The van der Waals surface area contributed by atoms with Crippen LogP contribution in [0.5, 0.6) is 0 Å². The molecule has 5 aromatic rings. The van der Waals surface area contributed by atoms with Gasteiger partial charge in [0, 0.05) is 25.6 Å². The molecule has 0 aliphatic heterocycles. The highest BCUT2D eigenvalue weighted by Crippen LogP contribution is 2.21. The lowest BCUT2D eigenvalue weighted by atomic mass is 10.2. The van der Waals surface area contributed by atoms with Gasteiger partial charge in [0.15, 0.2) is 11.5 Å². The Morgan fingerprint density at radius 1 is 1.17 bits per heavy atom. The number of amides is 1. The molecule has 178 valence electrons. The monoisotopic (exact) mass is 480 g/mol. The molecule has 4 heterocycles. The van der Waals surface area contributed by atoms with E-state index in [1.165, 1.54) is 23.2 Å². The summed E-state index contributed by atoms with van der Waals surface area (Å²) in [4.78, 5) is 39.1. The van der Waals surface area contributed by atoms with Crippen molar-refractivity contribution in [2.24, 2.45) is 7.05 Å². The predicted octanol–water partition coefficient (Wildman–Crippen LogP) is 1.98. The zero-order chi connectivity index (χ0) is 25.2. The number of fused-ring (bicyclic) bond motifs is 1. The topological polar surface area (TPSA) is 147 Å². The SMILES string of the molecule is C[C@@H](NC(=O)c1nccnc1N)c1nc2occ(C#Cc3cnn(C)c3)c2c(=O)n1-c1ccccc1. The number of nitrogen functional groups attached to an aromatic ring is 1. The number of benzene rings is 1. The molecular formula is C25H20N8O3. The number of hydrogen-bond acceptors (Lipinski definition) is 8. The van der Waals surface area contributed by atoms with Gasteiger partial charge in [0.1, 0.15) is 17.5 Å². The van der Waals surface area contributed by atoms with E-state index in [9.17, 15) is 9.59 Å². The summed E-state index contributed by atoms with van der Waals surface area (Å²) >= 11 is 0. The van der Waals surface area contributed by atoms with Crippen LogP contribution in [-0.4, -0.2) is 35.2 Å². The molecule has 0 spiro atoms. The van der Waals surface area contributed by atoms with Crippen molar-refractivity contribution in [3.05, 3.63) is 94.4 Å². The number of nitrogens with two attached hydrogens (primary N) is 1. The summed E-state index contributed by atoms with van der Waals surface area (Å²) in [6.07, 6.45) is 7.55. The van der Waals surface area contributed by atoms with Crippen LogP contribution in [0.2, 0.25) is 0 Å². The Hall–Kier alpha value is -5.24. The molecule has 0 aliphatic rings. The second kappa shape index (κ2) is 9.19. The Bertz CT molecular complexity index is 1710. The first-order chi connectivity index (χ1) is 17.4. The molecule has 0 radical (unpaired) electrons. The van der Waals surface area contributed by atoms with Crippen molar-refractivity contribution < 1.29 is 9.21 Å². The van der Waals surface area contributed by atoms with Crippen molar-refractivity contribution in [2.45, 2.75) is 13.0 Å². The van der Waals surface area contributed by atoms with Gasteiger partial charge in [-0.15, -0.1) is 0 Å². The number of hydrogen-bond donors (Lipinski definition) is 2. The van der Waals surface area contributed by atoms with E-state index in [0.29, 0.717) is 16.8 Å². The zero-order valence-electron chi connectivity index (χ0n) is 19.3. The third-order valence-electron chi connectivity index (χ3n) is 5.37. The van der Waals surface area contributed by atoms with E-state index in [0.717, 1.165) is 0 Å². The first-order valence-electron chi connectivity index (χ1n) is 10.9. The molecule has 0 fully saturated rings. The van der Waals surface area contributed by atoms with E-state index >= 15 is 0 Å². The van der Waals surface area contributed by atoms with Crippen molar-refractivity contribution in [1.82, 2.24) is 34.6 Å². The molecule has 1 aromatic carbocycles. The van der Waals surface area contributed by atoms with Crippen LogP contribution < -0.4 is 16.6 Å². The number of anilines is 1. The Morgan fingerprint density at radius 2 is 1.94 bits per heavy atom. The zero-order valence-corrected chi connectivity index (χ0v) is 19.3. The second-order valence-electron chi connectivity index (χ2n) is 7.91. The number of aryl methyl sites for hydroxylation is 1. The molecule has 1 amide bonds. The molecule has 11 heteroatoms. The Balaban J connectivity index is 1.62. The Morgan fingerprint density at radius 3 is 2.67 bits per heavy atom. The van der Waals surface area contributed by atoms with Crippen LogP contribution in [0.3, 0.4) is 0 Å². The van der Waals surface area contributed by atoms with Crippen LogP contribution in [0.25, 0.3) is 16.8 Å². The average molecular weight is 480 g/mol. The van der Waals surface area contributed by atoms with E-state index in [1.807, 2.05) is 6.07 Å². The minimum atomic E-state index is -0.716. The van der Waals surface area contributed by atoms with Gasteiger partial charge in [0.2, 0.25) is 5.71 Å². The lowest BCUT2D eigenvalue weighted by Gasteiger charge is -2.18. The summed E-state index contributed by atoms with van der Waals surface area (Å²) in [7, 11) is 1.79. The molecule has 5 rings (SSSR count). The molecule has 36 heavy (non-hydrogen) atoms. The highest BCUT2D eigenvalue weighted by atomic mass is 16.3. The normalized spacial score (nSPS) is 11.6. The molecule has 0 unspecified atom stereocenters. The number of rotatable bonds is 4. The van der Waals surface area contributed by atoms with E-state index in [-0.39, 0.29) is 34.0 Å². The molecule has 4 aromatic heterocycles. The van der Waals surface area contributed by atoms with Gasteiger partial charge in [-0.05, 0) is 19.1 Å². The summed E-state index contributed by atoms with van der Waals surface area (Å²) in [5, 5.41) is 7.11. The summed E-state index contributed by atoms with van der Waals surface area (Å²) in [5.74, 6) is 5.66. The van der Waals surface area contributed by atoms with E-state index in [4.69, 9.17) is 10.2 Å². The molecular weight excluding hydrogens is 460 g/mol. The quantitative estimate of drug-likeness (QED) is 0.371. The van der Waals surface area contributed by atoms with Crippen LogP contribution in [0.15, 0.2) is 70.6 Å². The summed E-state index contributed by atoms with van der Waals surface area (Å²) < 4.78 is 8.68. The van der Waals surface area contributed by atoms with Crippen molar-refractivity contribution in [3.8, 4) is 17.5 Å². The average Bonchev–Trinajstić information content (AvgIpc) is 3.49. The maximum atomic E-state index is 13.8. The fourth-order valence-corrected chi connectivity index (χ4v) is 3.69. The fourth-order valence-electron chi connectivity index (χ4n) is 3.69. The number of nitrogens with zero attached hydrogens (tertiary/aromatic N) is 6. The van der Waals surface area contributed by atoms with Crippen molar-refractivity contribution >= 4 is 22.8 Å². The summed E-state index contributed by atoms with van der Waals surface area (Å²) in [6.45, 7) is 1.70. The molecule has 0 aliphatic carbocycles. The Kier molecular flexibility index (Phi) is 5.75. The maximum absolute atomic E-state index is 13.8. The van der Waals surface area contributed by atoms with Gasteiger partial charge in [-0.2, -0.15) is 10.1 Å². The van der Waals surface area contributed by atoms with Gasteiger partial charge in [-0.3, -0.25) is 18.8 Å². The molecule has 11 nitrogen and oxygen atoms in total. The number of para-hydroxylation sites is 1. The smallest absolute Gasteiger partial charge is 0.274 e. The summed E-state index contributed by atoms with van der Waals surface area (Å²) in [5.41, 5.74) is 7.15. The van der Waals surface area contributed by atoms with Crippen molar-refractivity contribution in [3.63, 3.8) is 0 Å². The molecule has 0 saturated carbocycles. The molecule has 3 N–H and O–H groups in total. The number of nitrogens with one attached hydrogen (secondary N) is 1. The standard InChI is InChI=1S/C25H20N8O3/c1-15(30-23(34)20-21(26)28-11-10-27-20)22-31-24-19(25(35)33(22)18-6-4-3-5-7-18)17(14-36-24)9-8-16-12-29-32(2)13-16/h3-7,10-15H,1-2H3,(H2,26,28)(H,30,34)/t15-/m1/s1. The van der Waals surface area contributed by atoms with Crippen LogP contribution >= 0.6 is 0 Å². The van der Waals surface area contributed by atoms with E-state index in [1.54, 1.807) is 55.3 Å². The summed E-state index contributed by atoms with van der Waals surface area (Å²) in [6, 6.07) is 8.27. The number of furan rings is 1. The minimum absolute atomic E-state index is 0.00562. The maximum Gasteiger partial charge on any atom is 0.274 e. The van der Waals surface area contributed by atoms with Crippen LogP contribution in [-0.2, 0) is 7.05 Å². The second-order valence-corrected chi connectivity index (χ2v) is 7.91. The molecule has 1 atom stereocenters. The van der Waals surface area contributed by atoms with Crippen LogP contribution in [0.4, 0.5) is 5.82 Å². The largest absolute Gasteiger partial charge is 0.445 e. The lowest BCUT2D eigenvalue weighted by molar-refractivity contribution is 0.0933. The lowest BCUT2D eigenvalue weighted by Crippen LogP contribution is -2.34. The number of aromatic nitrogens is 6. The minimum Gasteiger partial charge on any atom is -0.445 e. The van der Waals surface area contributed by atoms with Gasteiger partial charge in [0.25, 0.3) is 11.5 Å². The molecule has 0 saturated heterocycles. The van der Waals surface area contributed by atoms with Gasteiger partial charge in [-0.1, -0.05) is 30.0 Å². The van der Waals surface area contributed by atoms with Gasteiger partial charge >= 0.3 is 0 Å². The first-order valence-corrected chi connectivity index (χ1v) is 10.9. The van der Waals surface area contributed by atoms with Crippen LogP contribution in [0, 0.1) is 11.8 Å². The van der Waals surface area contributed by atoms with Gasteiger partial charge in [-0.25, -0.2) is 9.97 Å². The first kappa shape index (κ1) is 22.5. The third kappa shape index (κ3) is 4.19. The van der Waals surface area contributed by atoms with Crippen molar-refractivity contribution in [1.29, 1.82) is 0 Å². The van der Waals surface area contributed by atoms with E-state index < -0.39 is 11.9 Å². The van der Waals surface area contributed by atoms with E-state index in [2.05, 4.69) is 37.2 Å². The highest BCUT2D eigenvalue weighted by molar-refractivity contribution is 5.96. The van der Waals surface area contributed by atoms with Crippen LogP contribution in [0.1, 0.15) is 40.4 Å². The Labute approximate surface area is 204 Å². The third-order valence-corrected chi connectivity index (χ3v) is 5.37. The predicted molar refractivity (Wildman–Crippen MR) is 131 cm³/mol. The highest BCUT2D eigenvalue weighted by Gasteiger charge is 2.24. The molecule has 0 bridgehead atoms. The van der Waals surface area contributed by atoms with Gasteiger partial charge < -0.3 is 15.5 Å². The number of carbonyl (C=O) groups excluding carboxylic acids is 1. The van der Waals surface area contributed by atoms with Gasteiger partial charge in [0.05, 0.1) is 29.1 Å².